The van der Waals surface area contributed by atoms with Gasteiger partial charge in [0.2, 0.25) is 0 Å². The second-order valence-electron chi connectivity index (χ2n) is 5.51. The summed E-state index contributed by atoms with van der Waals surface area (Å²) in [6.45, 7) is 0. The van der Waals surface area contributed by atoms with Gasteiger partial charge in [0.15, 0.2) is 0 Å². The maximum absolute atomic E-state index is 12.2. The van der Waals surface area contributed by atoms with E-state index >= 15 is 0 Å². The quantitative estimate of drug-likeness (QED) is 0.193. The van der Waals surface area contributed by atoms with Crippen molar-refractivity contribution in [2.75, 3.05) is 7.05 Å². The lowest BCUT2D eigenvalue weighted by Gasteiger charge is -2.06. The molecule has 1 aliphatic rings. The lowest BCUT2D eigenvalue weighted by Crippen LogP contribution is -2.22. The van der Waals surface area contributed by atoms with Crippen LogP contribution in [0.25, 0.3) is 6.08 Å². The zero-order valence-electron chi connectivity index (χ0n) is 13.9. The summed E-state index contributed by atoms with van der Waals surface area (Å²) in [5.74, 6) is -0.528. The average Bonchev–Trinajstić information content (AvgIpc) is 2.89. The maximum Gasteiger partial charge on any atom is 0.343 e. The zero-order chi connectivity index (χ0) is 19.6. The molecule has 1 amide bonds. The third kappa shape index (κ3) is 4.21. The van der Waals surface area contributed by atoms with E-state index in [9.17, 15) is 19.7 Å². The Bertz CT molecular complexity index is 986. The molecule has 0 aromatic heterocycles. The number of nitro groups is 1. The van der Waals surface area contributed by atoms with Gasteiger partial charge in [-0.3, -0.25) is 19.8 Å². The van der Waals surface area contributed by atoms with Crippen LogP contribution in [0.15, 0.2) is 53.4 Å². The van der Waals surface area contributed by atoms with Crippen molar-refractivity contribution in [2.45, 2.75) is 0 Å². The molecular weight excluding hydrogens is 388 g/mol. The molecule has 1 heterocycles. The third-order valence-electron chi connectivity index (χ3n) is 3.67. The van der Waals surface area contributed by atoms with Crippen molar-refractivity contribution in [2.24, 2.45) is 0 Å². The molecule has 3 rings (SSSR count). The first-order valence-corrected chi connectivity index (χ1v) is 8.86. The molecule has 0 radical (unpaired) electrons. The summed E-state index contributed by atoms with van der Waals surface area (Å²) in [5, 5.41) is 10.7. The van der Waals surface area contributed by atoms with Crippen molar-refractivity contribution in [1.82, 2.24) is 4.90 Å². The first-order chi connectivity index (χ1) is 12.8. The fraction of sp³-hybridized carbons (Fsp3) is 0.0556. The van der Waals surface area contributed by atoms with Gasteiger partial charge in [-0.1, -0.05) is 36.1 Å². The molecule has 0 unspecified atom stereocenters. The molecule has 27 heavy (non-hydrogen) atoms. The van der Waals surface area contributed by atoms with Crippen molar-refractivity contribution in [1.29, 1.82) is 0 Å². The summed E-state index contributed by atoms with van der Waals surface area (Å²) in [7, 11) is 1.61. The first-order valence-electron chi connectivity index (χ1n) is 7.63. The molecule has 0 spiro atoms. The van der Waals surface area contributed by atoms with Crippen LogP contribution in [0.3, 0.4) is 0 Å². The molecular formula is C18H12N2O5S2. The lowest BCUT2D eigenvalue weighted by molar-refractivity contribution is -0.384. The molecule has 0 N–H and O–H groups in total. The molecule has 0 saturated carbocycles. The lowest BCUT2D eigenvalue weighted by atomic mass is 10.2. The van der Waals surface area contributed by atoms with E-state index in [2.05, 4.69) is 0 Å². The predicted octanol–water partition coefficient (Wildman–Crippen LogP) is 3.65. The predicted molar refractivity (Wildman–Crippen MR) is 105 cm³/mol. The number of hydrogen-bond acceptors (Lipinski definition) is 7. The Hall–Kier alpha value is -3.04. The number of ether oxygens (including phenoxy) is 1. The summed E-state index contributed by atoms with van der Waals surface area (Å²) >= 11 is 6.29. The van der Waals surface area contributed by atoms with E-state index in [-0.39, 0.29) is 17.2 Å². The number of amides is 1. The van der Waals surface area contributed by atoms with Crippen LogP contribution in [-0.4, -0.2) is 33.1 Å². The van der Waals surface area contributed by atoms with Gasteiger partial charge in [-0.2, -0.15) is 0 Å². The molecule has 1 aliphatic heterocycles. The molecule has 0 bridgehead atoms. The van der Waals surface area contributed by atoms with Crippen LogP contribution >= 0.6 is 24.0 Å². The van der Waals surface area contributed by atoms with Crippen LogP contribution in [0.5, 0.6) is 5.75 Å². The Labute approximate surface area is 163 Å². The van der Waals surface area contributed by atoms with Crippen LogP contribution in [-0.2, 0) is 4.79 Å². The standard InChI is InChI=1S/C18H12N2O5S2/c1-19-16(21)15(27-18(19)26)10-11-3-2-4-14(9-11)25-17(22)12-5-7-13(8-6-12)20(23)24/h2-10H,1H3/b15-10+. The van der Waals surface area contributed by atoms with Crippen LogP contribution in [0.4, 0.5) is 5.69 Å². The highest BCUT2D eigenvalue weighted by molar-refractivity contribution is 8.26. The summed E-state index contributed by atoms with van der Waals surface area (Å²) in [4.78, 5) is 36.3. The van der Waals surface area contributed by atoms with E-state index in [0.717, 1.165) is 0 Å². The highest BCUT2D eigenvalue weighted by Crippen LogP contribution is 2.31. The number of thioether (sulfide) groups is 1. The van der Waals surface area contributed by atoms with Crippen molar-refractivity contribution in [3.63, 3.8) is 0 Å². The number of thiocarbonyl (C=S) groups is 1. The molecule has 9 heteroatoms. The van der Waals surface area contributed by atoms with E-state index in [4.69, 9.17) is 17.0 Å². The van der Waals surface area contributed by atoms with Crippen LogP contribution < -0.4 is 4.74 Å². The van der Waals surface area contributed by atoms with Crippen molar-refractivity contribution in [3.8, 4) is 5.75 Å². The number of benzene rings is 2. The second kappa shape index (κ2) is 7.68. The van der Waals surface area contributed by atoms with Crippen LogP contribution in [0.2, 0.25) is 0 Å². The minimum absolute atomic E-state index is 0.109. The minimum Gasteiger partial charge on any atom is -0.423 e. The van der Waals surface area contributed by atoms with Gasteiger partial charge in [0, 0.05) is 19.2 Å². The van der Waals surface area contributed by atoms with Gasteiger partial charge < -0.3 is 4.74 Å². The van der Waals surface area contributed by atoms with Gasteiger partial charge >= 0.3 is 5.97 Å². The topological polar surface area (TPSA) is 89.8 Å². The minimum atomic E-state index is -0.637. The van der Waals surface area contributed by atoms with Crippen LogP contribution in [0, 0.1) is 10.1 Å². The molecule has 136 valence electrons. The van der Waals surface area contributed by atoms with Gasteiger partial charge in [-0.15, -0.1) is 0 Å². The molecule has 2 aromatic carbocycles. The average molecular weight is 400 g/mol. The maximum atomic E-state index is 12.2. The fourth-order valence-electron chi connectivity index (χ4n) is 2.25. The van der Waals surface area contributed by atoms with E-state index in [1.807, 2.05) is 0 Å². The summed E-state index contributed by atoms with van der Waals surface area (Å²) in [6.07, 6.45) is 1.67. The number of nitro benzene ring substituents is 1. The number of esters is 1. The number of nitrogens with zero attached hydrogens (tertiary/aromatic N) is 2. The monoisotopic (exact) mass is 400 g/mol. The Morgan fingerprint density at radius 3 is 2.56 bits per heavy atom. The third-order valence-corrected chi connectivity index (χ3v) is 5.15. The molecule has 2 aromatic rings. The highest BCUT2D eigenvalue weighted by atomic mass is 32.2. The van der Waals surface area contributed by atoms with Crippen LogP contribution in [0.1, 0.15) is 15.9 Å². The Balaban J connectivity index is 1.76. The summed E-state index contributed by atoms with van der Waals surface area (Å²) in [5.41, 5.74) is 0.762. The van der Waals surface area contributed by atoms with Gasteiger partial charge in [-0.25, -0.2) is 4.79 Å². The van der Waals surface area contributed by atoms with E-state index in [1.54, 1.807) is 37.4 Å². The Kier molecular flexibility index (Phi) is 5.33. The smallest absolute Gasteiger partial charge is 0.343 e. The van der Waals surface area contributed by atoms with Crippen molar-refractivity contribution < 1.29 is 19.2 Å². The number of rotatable bonds is 4. The number of carbonyl (C=O) groups is 2. The van der Waals surface area contributed by atoms with Gasteiger partial charge in [0.05, 0.1) is 15.4 Å². The fourth-order valence-corrected chi connectivity index (χ4v) is 3.43. The van der Waals surface area contributed by atoms with Crippen molar-refractivity contribution in [3.05, 3.63) is 74.7 Å². The molecule has 1 saturated heterocycles. The molecule has 1 fully saturated rings. The number of likely N-dealkylation sites (N-methyl/N-ethyl adjacent to an activating group) is 1. The van der Waals surface area contributed by atoms with E-state index in [1.165, 1.54) is 40.9 Å². The zero-order valence-corrected chi connectivity index (χ0v) is 15.6. The van der Waals surface area contributed by atoms with Gasteiger partial charge in [0.25, 0.3) is 11.6 Å². The molecule has 0 atom stereocenters. The SMILES string of the molecule is CN1C(=O)/C(=C\c2cccc(OC(=O)c3ccc([N+](=O)[O-])cc3)c2)SC1=S. The van der Waals surface area contributed by atoms with Gasteiger partial charge in [0.1, 0.15) is 10.1 Å². The van der Waals surface area contributed by atoms with E-state index in [0.29, 0.717) is 20.5 Å². The molecule has 7 nitrogen and oxygen atoms in total. The largest absolute Gasteiger partial charge is 0.423 e. The number of hydrogen-bond donors (Lipinski definition) is 0. The van der Waals surface area contributed by atoms with Gasteiger partial charge in [-0.05, 0) is 35.9 Å². The normalized spacial score (nSPS) is 15.3. The molecule has 0 aliphatic carbocycles. The first kappa shape index (κ1) is 18.7. The Morgan fingerprint density at radius 1 is 1.26 bits per heavy atom. The summed E-state index contributed by atoms with van der Waals surface area (Å²) < 4.78 is 5.79. The highest BCUT2D eigenvalue weighted by Gasteiger charge is 2.28. The summed E-state index contributed by atoms with van der Waals surface area (Å²) in [6, 6.07) is 11.8. The number of non-ortho nitro benzene ring substituents is 1. The number of carbonyl (C=O) groups excluding carboxylic acids is 2. The van der Waals surface area contributed by atoms with Crippen molar-refractivity contribution >= 4 is 51.9 Å². The van der Waals surface area contributed by atoms with E-state index < -0.39 is 10.9 Å². The second-order valence-corrected chi connectivity index (χ2v) is 7.18. The Morgan fingerprint density at radius 2 is 1.96 bits per heavy atom.